The van der Waals surface area contributed by atoms with Crippen LogP contribution in [-0.2, 0) is 4.79 Å². The molecular weight excluding hydrogens is 356 g/mol. The summed E-state index contributed by atoms with van der Waals surface area (Å²) in [6.07, 6.45) is 6.12. The summed E-state index contributed by atoms with van der Waals surface area (Å²) in [4.78, 5) is 27.1. The van der Waals surface area contributed by atoms with Gasteiger partial charge in [0.2, 0.25) is 5.91 Å². The van der Waals surface area contributed by atoms with Crippen molar-refractivity contribution in [1.29, 1.82) is 0 Å². The fourth-order valence-electron chi connectivity index (χ4n) is 4.00. The number of hydrogen-bond donors (Lipinski definition) is 2. The molecule has 0 aromatic carbocycles. The van der Waals surface area contributed by atoms with E-state index in [1.807, 2.05) is 17.9 Å². The molecule has 0 saturated heterocycles. The molecule has 0 radical (unpaired) electrons. The molecular formula is C21H34N4O3. The van der Waals surface area contributed by atoms with E-state index in [2.05, 4.69) is 24.3 Å². The molecule has 7 nitrogen and oxygen atoms in total. The van der Waals surface area contributed by atoms with Gasteiger partial charge in [0.15, 0.2) is 5.69 Å². The molecule has 28 heavy (non-hydrogen) atoms. The van der Waals surface area contributed by atoms with Crippen molar-refractivity contribution in [2.75, 3.05) is 6.54 Å². The van der Waals surface area contributed by atoms with Crippen molar-refractivity contribution in [2.24, 2.45) is 11.7 Å². The molecule has 0 aliphatic heterocycles. The summed E-state index contributed by atoms with van der Waals surface area (Å²) < 4.78 is 5.39. The molecule has 0 unspecified atom stereocenters. The maximum atomic E-state index is 13.1. The molecule has 2 amide bonds. The van der Waals surface area contributed by atoms with Crippen LogP contribution in [0.4, 0.5) is 0 Å². The van der Waals surface area contributed by atoms with Gasteiger partial charge in [0.1, 0.15) is 5.76 Å². The summed E-state index contributed by atoms with van der Waals surface area (Å²) >= 11 is 0. The second-order valence-electron chi connectivity index (χ2n) is 8.99. The Kier molecular flexibility index (Phi) is 6.75. The molecule has 2 saturated carbocycles. The minimum Gasteiger partial charge on any atom is -0.360 e. The van der Waals surface area contributed by atoms with Crippen LogP contribution in [0.15, 0.2) is 10.6 Å². The van der Waals surface area contributed by atoms with Gasteiger partial charge < -0.3 is 20.5 Å². The summed E-state index contributed by atoms with van der Waals surface area (Å²) in [5.74, 6) is 1.65. The topological polar surface area (TPSA) is 101 Å². The third-order valence-electron chi connectivity index (χ3n) is 5.56. The van der Waals surface area contributed by atoms with Crippen molar-refractivity contribution in [3.8, 4) is 0 Å². The predicted molar refractivity (Wildman–Crippen MR) is 107 cm³/mol. The Hall–Kier alpha value is -1.89. The van der Waals surface area contributed by atoms with Crippen LogP contribution in [0.2, 0.25) is 0 Å². The van der Waals surface area contributed by atoms with Crippen molar-refractivity contribution >= 4 is 11.8 Å². The molecule has 3 rings (SSSR count). The Labute approximate surface area is 167 Å². The predicted octanol–water partition coefficient (Wildman–Crippen LogP) is 2.81. The standard InChI is InChI=1S/C21H34N4O3/c1-13(2)12-25(21(27)18-11-19(28-24-18)15-4-5-15)17-8-6-16(7-9-17)23-20(26)10-14(3)22/h11,13-17H,4-10,12,22H2,1-3H3,(H,23,26)/t14-,16?,17?/m0/s1. The van der Waals surface area contributed by atoms with Crippen molar-refractivity contribution < 1.29 is 14.1 Å². The average Bonchev–Trinajstić information content (AvgIpc) is 3.36. The van der Waals surface area contributed by atoms with E-state index in [4.69, 9.17) is 10.3 Å². The number of nitrogens with zero attached hydrogens (tertiary/aromatic N) is 2. The lowest BCUT2D eigenvalue weighted by Crippen LogP contribution is -2.47. The van der Waals surface area contributed by atoms with E-state index < -0.39 is 0 Å². The molecule has 2 fully saturated rings. The van der Waals surface area contributed by atoms with Gasteiger partial charge in [-0.15, -0.1) is 0 Å². The fourth-order valence-corrected chi connectivity index (χ4v) is 4.00. The lowest BCUT2D eigenvalue weighted by molar-refractivity contribution is -0.122. The van der Waals surface area contributed by atoms with Crippen LogP contribution in [0.25, 0.3) is 0 Å². The van der Waals surface area contributed by atoms with E-state index in [1.165, 1.54) is 0 Å². The number of aromatic nitrogens is 1. The maximum Gasteiger partial charge on any atom is 0.276 e. The number of rotatable bonds is 8. The molecule has 7 heteroatoms. The SMILES string of the molecule is CC(C)CN(C(=O)c1cc(C2CC2)on1)C1CCC(NC(=O)C[C@H](C)N)CC1. The van der Waals surface area contributed by atoms with E-state index in [0.717, 1.165) is 44.3 Å². The zero-order chi connectivity index (χ0) is 20.3. The van der Waals surface area contributed by atoms with Gasteiger partial charge in [0, 0.05) is 43.1 Å². The minimum absolute atomic E-state index is 0.0174. The summed E-state index contributed by atoms with van der Waals surface area (Å²) in [5, 5.41) is 7.13. The number of carbonyl (C=O) groups excluding carboxylic acids is 2. The van der Waals surface area contributed by atoms with E-state index in [9.17, 15) is 9.59 Å². The molecule has 1 atom stereocenters. The Morgan fingerprint density at radius 3 is 2.46 bits per heavy atom. The van der Waals surface area contributed by atoms with Gasteiger partial charge in [-0.1, -0.05) is 19.0 Å². The average molecular weight is 391 g/mol. The molecule has 3 N–H and O–H groups in total. The largest absolute Gasteiger partial charge is 0.360 e. The molecule has 156 valence electrons. The van der Waals surface area contributed by atoms with Gasteiger partial charge >= 0.3 is 0 Å². The first kappa shape index (κ1) is 20.8. The highest BCUT2D eigenvalue weighted by Crippen LogP contribution is 2.40. The van der Waals surface area contributed by atoms with E-state index in [1.54, 1.807) is 0 Å². The molecule has 1 heterocycles. The Bertz CT molecular complexity index is 673. The van der Waals surface area contributed by atoms with Crippen molar-refractivity contribution in [2.45, 2.75) is 89.8 Å². The van der Waals surface area contributed by atoms with Crippen LogP contribution in [0.1, 0.15) is 87.9 Å². The van der Waals surface area contributed by atoms with Crippen LogP contribution >= 0.6 is 0 Å². The monoisotopic (exact) mass is 390 g/mol. The lowest BCUT2D eigenvalue weighted by Gasteiger charge is -2.37. The van der Waals surface area contributed by atoms with Crippen molar-refractivity contribution in [3.05, 3.63) is 17.5 Å². The normalized spacial score (nSPS) is 23.5. The highest BCUT2D eigenvalue weighted by Gasteiger charge is 2.33. The van der Waals surface area contributed by atoms with Crippen LogP contribution in [0.5, 0.6) is 0 Å². The van der Waals surface area contributed by atoms with Crippen LogP contribution < -0.4 is 11.1 Å². The number of nitrogens with two attached hydrogens (primary N) is 1. The molecule has 2 aliphatic rings. The van der Waals surface area contributed by atoms with Crippen molar-refractivity contribution in [3.63, 3.8) is 0 Å². The first-order chi connectivity index (χ1) is 13.3. The molecule has 1 aromatic heterocycles. The van der Waals surface area contributed by atoms with Crippen LogP contribution in [-0.4, -0.2) is 46.5 Å². The first-order valence-electron chi connectivity index (χ1n) is 10.7. The van der Waals surface area contributed by atoms with Crippen LogP contribution in [0, 0.1) is 5.92 Å². The summed E-state index contributed by atoms with van der Waals surface area (Å²) in [6, 6.07) is 2.05. The zero-order valence-electron chi connectivity index (χ0n) is 17.3. The minimum atomic E-state index is -0.126. The van der Waals surface area contributed by atoms with E-state index in [0.29, 0.717) is 30.5 Å². The Morgan fingerprint density at radius 1 is 1.21 bits per heavy atom. The highest BCUT2D eigenvalue weighted by atomic mass is 16.5. The molecule has 2 aliphatic carbocycles. The lowest BCUT2D eigenvalue weighted by atomic mass is 9.89. The molecule has 1 aromatic rings. The van der Waals surface area contributed by atoms with Gasteiger partial charge in [-0.05, 0) is 51.4 Å². The Balaban J connectivity index is 1.59. The van der Waals surface area contributed by atoms with Gasteiger partial charge in [-0.3, -0.25) is 9.59 Å². The maximum absolute atomic E-state index is 13.1. The summed E-state index contributed by atoms with van der Waals surface area (Å²) in [5.41, 5.74) is 6.13. The van der Waals surface area contributed by atoms with Gasteiger partial charge in [0.05, 0.1) is 0 Å². The second kappa shape index (κ2) is 9.07. The summed E-state index contributed by atoms with van der Waals surface area (Å²) in [7, 11) is 0. The first-order valence-corrected chi connectivity index (χ1v) is 10.7. The van der Waals surface area contributed by atoms with Gasteiger partial charge in [0.25, 0.3) is 5.91 Å². The third kappa shape index (κ3) is 5.56. The van der Waals surface area contributed by atoms with Gasteiger partial charge in [-0.25, -0.2) is 0 Å². The summed E-state index contributed by atoms with van der Waals surface area (Å²) in [6.45, 7) is 6.79. The van der Waals surface area contributed by atoms with E-state index in [-0.39, 0.29) is 29.9 Å². The number of carbonyl (C=O) groups is 2. The number of amides is 2. The van der Waals surface area contributed by atoms with Gasteiger partial charge in [-0.2, -0.15) is 0 Å². The zero-order valence-corrected chi connectivity index (χ0v) is 17.3. The number of hydrogen-bond acceptors (Lipinski definition) is 5. The van der Waals surface area contributed by atoms with Crippen molar-refractivity contribution in [1.82, 2.24) is 15.4 Å². The molecule has 0 spiro atoms. The second-order valence-corrected chi connectivity index (χ2v) is 8.99. The quantitative estimate of drug-likeness (QED) is 0.711. The number of nitrogens with one attached hydrogen (secondary N) is 1. The Morgan fingerprint density at radius 2 is 1.89 bits per heavy atom. The van der Waals surface area contributed by atoms with Crippen LogP contribution in [0.3, 0.4) is 0 Å². The molecule has 0 bridgehead atoms. The highest BCUT2D eigenvalue weighted by molar-refractivity contribution is 5.92. The fraction of sp³-hybridized carbons (Fsp3) is 0.762. The smallest absolute Gasteiger partial charge is 0.276 e. The van der Waals surface area contributed by atoms with E-state index >= 15 is 0 Å². The third-order valence-corrected chi connectivity index (χ3v) is 5.56.